The molecule has 56 heavy (non-hydrogen) atoms. The Labute approximate surface area is 335 Å². The Balaban J connectivity index is 2.49. The molecular formula is C43H70NO11P. The number of ether oxygens (including phenoxy) is 2. The number of aliphatic hydroxyl groups is 2. The highest BCUT2D eigenvalue weighted by atomic mass is 31.2. The van der Waals surface area contributed by atoms with E-state index in [1.165, 1.54) is 0 Å². The predicted octanol–water partition coefficient (Wildman–Crippen LogP) is 8.08. The number of esters is 2. The highest BCUT2D eigenvalue weighted by Crippen LogP contribution is 2.43. The molecule has 0 aromatic carbocycles. The molecule has 1 rings (SSSR count). The second kappa shape index (κ2) is 33.1. The van der Waals surface area contributed by atoms with Crippen LogP contribution < -0.4 is 5.73 Å². The van der Waals surface area contributed by atoms with E-state index >= 15 is 0 Å². The molecule has 0 amide bonds. The van der Waals surface area contributed by atoms with E-state index in [9.17, 15) is 34.1 Å². The van der Waals surface area contributed by atoms with Gasteiger partial charge in [-0.3, -0.25) is 23.4 Å². The monoisotopic (exact) mass is 807 g/mol. The number of phosphoric ester groups is 1. The molecule has 0 aliphatic heterocycles. The summed E-state index contributed by atoms with van der Waals surface area (Å²) in [5, 5.41) is 20.7. The minimum Gasteiger partial charge on any atom is -0.462 e. The fourth-order valence-electron chi connectivity index (χ4n) is 5.84. The maximum absolute atomic E-state index is 12.7. The highest BCUT2D eigenvalue weighted by Gasteiger charge is 2.39. The molecule has 5 N–H and O–H groups in total. The third-order valence-corrected chi connectivity index (χ3v) is 9.93. The second-order valence-corrected chi connectivity index (χ2v) is 15.4. The van der Waals surface area contributed by atoms with Crippen LogP contribution in [-0.2, 0) is 37.5 Å². The molecule has 1 fully saturated rings. The lowest BCUT2D eigenvalue weighted by Crippen LogP contribution is -2.29. The first-order valence-electron chi connectivity index (χ1n) is 20.5. The number of Topliss-reactive ketones (excluding diaryl/α,β-unsaturated/α-hetero) is 1. The standard InChI is InChI=1S/C43H70NO11P/c1-3-5-7-8-9-10-11-12-13-14-15-16-17-18-23-27-42(48)52-34-37(35-54-56(50,51)53-32-31-44)55-43(49)28-24-20-19-22-26-38-39(41(47)33-40(38)46)30-29-36(45)25-21-6-4-2/h5,7,9-10,12-13,15-16,19,22,29-30,36-39,41,45,47H,3-4,6,8,11,14,17-18,20-21,23-28,31-35,44H2,1-2H3,(H,50,51)/b7-5-,10-9-,13-12-,16-15-,22-19-,30-29+/t36-,37+,38+,39+,41+/m0/s1. The number of carbonyl (C=O) groups excluding carboxylic acids is 3. The number of ketones is 1. The average molecular weight is 808 g/mol. The Morgan fingerprint density at radius 1 is 0.839 bits per heavy atom. The Kier molecular flexibility index (Phi) is 30.1. The molecule has 1 saturated carbocycles. The molecule has 1 aliphatic carbocycles. The molecule has 1 unspecified atom stereocenters. The van der Waals surface area contributed by atoms with Crippen molar-refractivity contribution in [1.82, 2.24) is 0 Å². The third-order valence-electron chi connectivity index (χ3n) is 8.94. The van der Waals surface area contributed by atoms with E-state index in [-0.39, 0.29) is 56.6 Å². The van der Waals surface area contributed by atoms with Gasteiger partial charge in [0.1, 0.15) is 12.4 Å². The minimum absolute atomic E-state index is 0.000537. The van der Waals surface area contributed by atoms with Crippen molar-refractivity contribution in [2.45, 2.75) is 141 Å². The van der Waals surface area contributed by atoms with Gasteiger partial charge in [-0.25, -0.2) is 4.57 Å². The Hall–Kier alpha value is -2.96. The minimum atomic E-state index is -4.46. The zero-order valence-electron chi connectivity index (χ0n) is 33.8. The summed E-state index contributed by atoms with van der Waals surface area (Å²) in [4.78, 5) is 47.5. The van der Waals surface area contributed by atoms with E-state index in [1.807, 2.05) is 12.2 Å². The van der Waals surface area contributed by atoms with Crippen molar-refractivity contribution in [3.8, 4) is 0 Å². The fourth-order valence-corrected chi connectivity index (χ4v) is 6.60. The Morgan fingerprint density at radius 3 is 2.16 bits per heavy atom. The maximum Gasteiger partial charge on any atom is 0.472 e. The van der Waals surface area contributed by atoms with Gasteiger partial charge in [0.15, 0.2) is 6.10 Å². The van der Waals surface area contributed by atoms with Crippen LogP contribution >= 0.6 is 7.82 Å². The number of allylic oxidation sites excluding steroid dienone is 10. The van der Waals surface area contributed by atoms with Crippen molar-refractivity contribution in [2.24, 2.45) is 17.6 Å². The Morgan fingerprint density at radius 2 is 1.48 bits per heavy atom. The van der Waals surface area contributed by atoms with Crippen LogP contribution in [0, 0.1) is 11.8 Å². The van der Waals surface area contributed by atoms with Crippen LogP contribution in [0.25, 0.3) is 0 Å². The SMILES string of the molecule is CC/C=C\C/C=C\C/C=C\C/C=C\CCCCC(=O)OC[C@H](COP(=O)(O)OCCN)OC(=O)CCC/C=C\C[C@H]1C(=O)C[C@@H](O)[C@@H]1/C=C/[C@@H](O)CCCCC. The molecule has 0 aromatic rings. The molecule has 0 saturated heterocycles. The average Bonchev–Trinajstić information content (AvgIpc) is 3.44. The van der Waals surface area contributed by atoms with Crippen LogP contribution in [0.5, 0.6) is 0 Å². The van der Waals surface area contributed by atoms with Gasteiger partial charge in [-0.1, -0.05) is 106 Å². The molecular weight excluding hydrogens is 737 g/mol. The summed E-state index contributed by atoms with van der Waals surface area (Å²) in [5.74, 6) is -1.84. The highest BCUT2D eigenvalue weighted by molar-refractivity contribution is 7.47. The van der Waals surface area contributed by atoms with Gasteiger partial charge in [0, 0.05) is 37.6 Å². The van der Waals surface area contributed by atoms with Gasteiger partial charge in [-0.2, -0.15) is 0 Å². The molecule has 1 aliphatic rings. The summed E-state index contributed by atoms with van der Waals surface area (Å²) in [6.45, 7) is 3.12. The molecule has 0 heterocycles. The van der Waals surface area contributed by atoms with Crippen molar-refractivity contribution in [2.75, 3.05) is 26.4 Å². The van der Waals surface area contributed by atoms with E-state index in [1.54, 1.807) is 12.2 Å². The van der Waals surface area contributed by atoms with E-state index in [0.717, 1.165) is 57.8 Å². The summed E-state index contributed by atoms with van der Waals surface area (Å²) < 4.78 is 32.6. The number of carbonyl (C=O) groups is 3. The van der Waals surface area contributed by atoms with Crippen LogP contribution in [-0.4, -0.2) is 77.5 Å². The molecule has 12 nitrogen and oxygen atoms in total. The van der Waals surface area contributed by atoms with Gasteiger partial charge >= 0.3 is 19.8 Å². The zero-order valence-corrected chi connectivity index (χ0v) is 34.7. The third kappa shape index (κ3) is 26.8. The van der Waals surface area contributed by atoms with E-state index in [2.05, 4.69) is 62.5 Å². The van der Waals surface area contributed by atoms with Crippen molar-refractivity contribution in [1.29, 1.82) is 0 Å². The summed E-state index contributed by atoms with van der Waals surface area (Å²) in [6.07, 6.45) is 33.1. The molecule has 0 radical (unpaired) electrons. The molecule has 0 bridgehead atoms. The molecule has 0 aromatic heterocycles. The number of nitrogens with two attached hydrogens (primary N) is 1. The number of aliphatic hydroxyl groups excluding tert-OH is 2. The first kappa shape index (κ1) is 51.1. The van der Waals surface area contributed by atoms with Crippen LogP contribution in [0.15, 0.2) is 72.9 Å². The lowest BCUT2D eigenvalue weighted by molar-refractivity contribution is -0.161. The van der Waals surface area contributed by atoms with Gasteiger partial charge < -0.3 is 30.3 Å². The van der Waals surface area contributed by atoms with Crippen molar-refractivity contribution >= 4 is 25.5 Å². The largest absolute Gasteiger partial charge is 0.472 e. The quantitative estimate of drug-likeness (QED) is 0.0216. The van der Waals surface area contributed by atoms with Gasteiger partial charge in [0.2, 0.25) is 0 Å². The van der Waals surface area contributed by atoms with Gasteiger partial charge in [0.05, 0.1) is 25.4 Å². The first-order valence-corrected chi connectivity index (χ1v) is 22.0. The molecule has 318 valence electrons. The molecule has 6 atom stereocenters. The van der Waals surface area contributed by atoms with E-state index in [4.69, 9.17) is 24.3 Å². The van der Waals surface area contributed by atoms with Gasteiger partial charge in [0.25, 0.3) is 0 Å². The van der Waals surface area contributed by atoms with E-state index in [0.29, 0.717) is 32.1 Å². The number of hydrogen-bond acceptors (Lipinski definition) is 11. The number of hydrogen-bond donors (Lipinski definition) is 4. The summed E-state index contributed by atoms with van der Waals surface area (Å²) in [6, 6.07) is 0. The summed E-state index contributed by atoms with van der Waals surface area (Å²) >= 11 is 0. The predicted molar refractivity (Wildman–Crippen MR) is 220 cm³/mol. The summed E-state index contributed by atoms with van der Waals surface area (Å²) in [7, 11) is -4.46. The topological polar surface area (TPSA) is 192 Å². The maximum atomic E-state index is 12.7. The van der Waals surface area contributed by atoms with E-state index < -0.39 is 44.7 Å². The Bertz CT molecular complexity index is 1310. The number of phosphoric acid groups is 1. The molecule has 0 spiro atoms. The lowest BCUT2D eigenvalue weighted by atomic mass is 9.90. The van der Waals surface area contributed by atoms with Gasteiger partial charge in [-0.05, 0) is 70.6 Å². The van der Waals surface area contributed by atoms with Crippen molar-refractivity contribution in [3.63, 3.8) is 0 Å². The second-order valence-electron chi connectivity index (χ2n) is 13.9. The fraction of sp³-hybridized carbons (Fsp3) is 0.651. The number of unbranched alkanes of at least 4 members (excludes halogenated alkanes) is 5. The van der Waals surface area contributed by atoms with Crippen molar-refractivity contribution in [3.05, 3.63) is 72.9 Å². The van der Waals surface area contributed by atoms with Gasteiger partial charge in [-0.15, -0.1) is 0 Å². The van der Waals surface area contributed by atoms with Crippen LogP contribution in [0.1, 0.15) is 123 Å². The van der Waals surface area contributed by atoms with Crippen LogP contribution in [0.3, 0.4) is 0 Å². The normalized spacial score (nSPS) is 20.0. The lowest BCUT2D eigenvalue weighted by Gasteiger charge is -2.19. The van der Waals surface area contributed by atoms with Crippen molar-refractivity contribution < 1.29 is 52.6 Å². The zero-order chi connectivity index (χ0) is 41.3. The van der Waals surface area contributed by atoms with Crippen LogP contribution in [0.2, 0.25) is 0 Å². The first-order chi connectivity index (χ1) is 27.0. The summed E-state index contributed by atoms with van der Waals surface area (Å²) in [5.41, 5.74) is 5.33. The molecule has 13 heteroatoms. The van der Waals surface area contributed by atoms with Crippen LogP contribution in [0.4, 0.5) is 0 Å². The number of rotatable bonds is 33. The smallest absolute Gasteiger partial charge is 0.462 e.